The van der Waals surface area contributed by atoms with Crippen LogP contribution in [0.2, 0.25) is 0 Å². The van der Waals surface area contributed by atoms with Crippen LogP contribution in [0.4, 0.5) is 13.5 Å². The third-order valence-corrected chi connectivity index (χ3v) is 7.74. The van der Waals surface area contributed by atoms with Crippen molar-refractivity contribution in [1.29, 1.82) is 0 Å². The molecule has 12 heteroatoms. The van der Waals surface area contributed by atoms with Gasteiger partial charge >= 0.3 is 0 Å². The summed E-state index contributed by atoms with van der Waals surface area (Å²) in [6, 6.07) is 26.9. The summed E-state index contributed by atoms with van der Waals surface area (Å²) in [5.74, 6) is -0.0909. The van der Waals surface area contributed by atoms with Crippen LogP contribution in [0.1, 0.15) is 63.7 Å². The molecule has 0 atom stereocenters. The number of ether oxygens (including phenoxy) is 1. The molecule has 1 aliphatic rings. The van der Waals surface area contributed by atoms with Crippen molar-refractivity contribution >= 4 is 22.5 Å². The molecule has 0 saturated heterocycles. The molecule has 7 aromatic rings. The number of aromatic nitrogens is 4. The Hall–Kier alpha value is -6.69. The van der Waals surface area contributed by atoms with Crippen molar-refractivity contribution in [3.05, 3.63) is 179 Å². The molecule has 0 spiro atoms. The minimum Gasteiger partial charge on any atom is -0.504 e. The van der Waals surface area contributed by atoms with Crippen LogP contribution in [-0.2, 0) is 12.8 Å². The number of halogens is 3. The molecule has 1 aliphatic heterocycles. The predicted molar refractivity (Wildman–Crippen MR) is 196 cm³/mol. The van der Waals surface area contributed by atoms with Crippen LogP contribution in [0, 0.1) is 18.6 Å². The van der Waals surface area contributed by atoms with E-state index in [1.165, 1.54) is 36.7 Å². The fourth-order valence-electron chi connectivity index (χ4n) is 5.22. The summed E-state index contributed by atoms with van der Waals surface area (Å²) in [5.41, 5.74) is 4.92. The topological polar surface area (TPSA) is 128 Å². The summed E-state index contributed by atoms with van der Waals surface area (Å²) >= 11 is 0. The normalized spacial score (nSPS) is 11.0. The fraction of sp³-hybridized carbons (Fsp3) is 0.122. The second-order valence-corrected chi connectivity index (χ2v) is 11.5. The third-order valence-electron chi connectivity index (χ3n) is 7.74. The van der Waals surface area contributed by atoms with Gasteiger partial charge < -0.3 is 14.3 Å². The second kappa shape index (κ2) is 18.0. The Morgan fingerprint density at radius 1 is 0.755 bits per heavy atom. The van der Waals surface area contributed by atoms with Gasteiger partial charge in [-0.25, -0.2) is 28.7 Å². The monoisotopic (exact) mass is 724 g/mol. The highest BCUT2D eigenvalue weighted by Crippen LogP contribution is 2.34. The van der Waals surface area contributed by atoms with Gasteiger partial charge in [0.2, 0.25) is 17.4 Å². The maximum atomic E-state index is 13.0. The third kappa shape index (κ3) is 9.97. The summed E-state index contributed by atoms with van der Waals surface area (Å²) in [7, 11) is 0. The van der Waals surface area contributed by atoms with Gasteiger partial charge in [0.15, 0.2) is 12.4 Å². The Balaban J connectivity index is 0.000000244. The quantitative estimate of drug-likeness (QED) is 0.168. The molecule has 9 nitrogen and oxygen atoms in total. The van der Waals surface area contributed by atoms with E-state index in [1.807, 2.05) is 31.2 Å². The van der Waals surface area contributed by atoms with E-state index in [2.05, 4.69) is 19.9 Å². The van der Waals surface area contributed by atoms with Crippen molar-refractivity contribution in [2.45, 2.75) is 27.2 Å². The Bertz CT molecular complexity index is 2290. The van der Waals surface area contributed by atoms with E-state index in [1.54, 1.807) is 60.9 Å². The number of rotatable bonds is 6. The van der Waals surface area contributed by atoms with E-state index >= 15 is 0 Å². The van der Waals surface area contributed by atoms with Gasteiger partial charge in [0.05, 0.1) is 10.9 Å². The van der Waals surface area contributed by atoms with Gasteiger partial charge in [-0.1, -0.05) is 43.8 Å². The highest BCUT2D eigenvalue weighted by atomic mass is 19.1. The molecule has 53 heavy (non-hydrogen) atoms. The summed E-state index contributed by atoms with van der Waals surface area (Å²) in [6.45, 7) is 2.00. The van der Waals surface area contributed by atoms with Crippen molar-refractivity contribution in [2.24, 2.45) is 0 Å². The number of fused-ring (bicyclic) bond motifs is 2. The number of ketones is 2. The lowest BCUT2D eigenvalue weighted by molar-refractivity contribution is 0.0959. The molecule has 0 unspecified atom stereocenters. The van der Waals surface area contributed by atoms with Crippen LogP contribution >= 0.6 is 0 Å². The number of benzene rings is 4. The van der Waals surface area contributed by atoms with Crippen molar-refractivity contribution in [2.75, 3.05) is 6.61 Å². The maximum absolute atomic E-state index is 13.0. The average Bonchev–Trinajstić information content (AvgIpc) is 3.69. The minimum absolute atomic E-state index is 0. The lowest BCUT2D eigenvalue weighted by atomic mass is 10.0. The number of nitrogens with zero attached hydrogens (tertiary/aromatic N) is 4. The molecule has 0 aliphatic carbocycles. The summed E-state index contributed by atoms with van der Waals surface area (Å²) in [4.78, 5) is 39.5. The van der Waals surface area contributed by atoms with Crippen molar-refractivity contribution in [3.63, 3.8) is 0 Å². The first-order chi connectivity index (χ1) is 24.7. The lowest BCUT2D eigenvalue weighted by Gasteiger charge is -2.04. The first-order valence-electron chi connectivity index (χ1n) is 15.8. The van der Waals surface area contributed by atoms with Gasteiger partial charge in [-0.15, -0.1) is 0 Å². The number of Topliss-reactive ketones (excluding diaryl/α,β-unsaturated/α-hetero) is 1. The molecule has 8 rings (SSSR count). The highest BCUT2D eigenvalue weighted by molar-refractivity contribution is 6.09. The van der Waals surface area contributed by atoms with Gasteiger partial charge in [-0.2, -0.15) is 0 Å². The smallest absolute Gasteiger partial charge is 0.269 e. The molecular formula is C41H37F3N4O5. The average molecular weight is 725 g/mol. The number of furan rings is 1. The molecule has 1 N–H and O–H groups in total. The van der Waals surface area contributed by atoms with Crippen LogP contribution in [-0.4, -0.2) is 43.2 Å². The molecule has 272 valence electrons. The van der Waals surface area contributed by atoms with Crippen LogP contribution in [0.5, 0.6) is 11.5 Å². The zero-order valence-corrected chi connectivity index (χ0v) is 27.7. The van der Waals surface area contributed by atoms with E-state index < -0.39 is 5.78 Å². The number of hydrogen-bond acceptors (Lipinski definition) is 9. The van der Waals surface area contributed by atoms with E-state index in [9.17, 15) is 23.5 Å². The highest BCUT2D eigenvalue weighted by Gasteiger charge is 2.24. The van der Waals surface area contributed by atoms with Gasteiger partial charge in [-0.3, -0.25) is 14.3 Å². The largest absolute Gasteiger partial charge is 0.504 e. The maximum Gasteiger partial charge on any atom is 0.269 e. The summed E-state index contributed by atoms with van der Waals surface area (Å²) in [5, 5.41) is 10.9. The van der Waals surface area contributed by atoms with Crippen molar-refractivity contribution in [1.82, 2.24) is 19.9 Å². The Morgan fingerprint density at radius 3 is 1.81 bits per heavy atom. The first kappa shape index (κ1) is 39.1. The lowest BCUT2D eigenvalue weighted by Crippen LogP contribution is -2.05. The van der Waals surface area contributed by atoms with Crippen LogP contribution < -0.4 is 4.74 Å². The predicted octanol–water partition coefficient (Wildman–Crippen LogP) is 8.70. The zero-order valence-electron chi connectivity index (χ0n) is 27.7. The Kier molecular flexibility index (Phi) is 13.3. The number of carbonyl (C=O) groups excluding carboxylic acids is 2. The van der Waals surface area contributed by atoms with Crippen LogP contribution in [0.15, 0.2) is 126 Å². The second-order valence-electron chi connectivity index (χ2n) is 11.5. The van der Waals surface area contributed by atoms with E-state index in [4.69, 9.17) is 9.15 Å². The molecule has 0 saturated carbocycles. The number of aryl methyl sites for hydroxylation is 1. The molecule has 0 bridgehead atoms. The first-order valence-corrected chi connectivity index (χ1v) is 15.8. The molecule has 4 heterocycles. The molecule has 0 amide bonds. The van der Waals surface area contributed by atoms with E-state index in [0.29, 0.717) is 35.1 Å². The number of hydrogen-bond donors (Lipinski definition) is 1. The van der Waals surface area contributed by atoms with Crippen molar-refractivity contribution in [3.8, 4) is 11.5 Å². The van der Waals surface area contributed by atoms with Crippen LogP contribution in [0.3, 0.4) is 0 Å². The molecular weight excluding hydrogens is 685 g/mol. The SMILES string of the molecule is C.Cc1ncccn1.F.O=C(c1ncccn1)c1oc2ccc(Cc3ccc(F)cc3)cc2c1O.O=C1COc2ccc(Cc3ccc(F)cc3)cc21.[3HH]. The van der Waals surface area contributed by atoms with E-state index in [-0.39, 0.29) is 54.9 Å². The van der Waals surface area contributed by atoms with Gasteiger partial charge in [0, 0.05) is 26.2 Å². The van der Waals surface area contributed by atoms with E-state index in [0.717, 1.165) is 28.1 Å². The molecule has 0 fully saturated rings. The molecule has 3 aromatic heterocycles. The summed E-state index contributed by atoms with van der Waals surface area (Å²) < 4.78 is 36.6. The van der Waals surface area contributed by atoms with Gasteiger partial charge in [0.25, 0.3) is 5.78 Å². The fourth-order valence-corrected chi connectivity index (χ4v) is 5.22. The molecule has 0 radical (unpaired) electrons. The minimum atomic E-state index is -0.584. The van der Waals surface area contributed by atoms with Gasteiger partial charge in [-0.05, 0) is 103 Å². The zero-order chi connectivity index (χ0) is 35.7. The standard InChI is InChI=1S/C20H13FN2O3.C15H11FO2.C5H6N2.CH4.FH.H2/c21-14-5-2-12(3-6-14)10-13-4-7-16-15(11-13)17(24)19(26-16)18(25)20-22-8-1-9-23-20;16-12-4-1-10(2-5-12)7-11-3-6-15-13(8-11)14(17)9-18-15;1-5-6-3-2-4-7-5;;;/h1-9,11,24H,10H2;1-6,8H,7,9H2;2-4H,1H3;1H4;2*1H/i;;;;;1+2. The summed E-state index contributed by atoms with van der Waals surface area (Å²) in [6.07, 6.45) is 7.58. The van der Waals surface area contributed by atoms with Gasteiger partial charge in [0.1, 0.15) is 28.8 Å². The Labute approximate surface area is 304 Å². The molecule has 4 aromatic carbocycles. The van der Waals surface area contributed by atoms with Crippen LogP contribution in [0.25, 0.3) is 11.0 Å². The number of carbonyl (C=O) groups is 2. The number of aromatic hydroxyl groups is 1. The Morgan fingerprint density at radius 2 is 1.26 bits per heavy atom. The van der Waals surface area contributed by atoms with Crippen molar-refractivity contribution < 1.29 is 38.8 Å².